The molecule has 1 unspecified atom stereocenters. The summed E-state index contributed by atoms with van der Waals surface area (Å²) in [5.41, 5.74) is 0. The van der Waals surface area contributed by atoms with Crippen LogP contribution in [0.3, 0.4) is 0 Å². The highest BCUT2D eigenvalue weighted by molar-refractivity contribution is 5.71. The number of carbonyl (C=O) groups is 3. The highest BCUT2D eigenvalue weighted by Crippen LogP contribution is 2.15. The Morgan fingerprint density at radius 1 is 0.273 bits per heavy atom. The summed E-state index contributed by atoms with van der Waals surface area (Å²) >= 11 is 0. The lowest BCUT2D eigenvalue weighted by molar-refractivity contribution is -0.167. The fourth-order valence-electron chi connectivity index (χ4n) is 8.21. The monoisotopic (exact) mass is 1060 g/mol. The van der Waals surface area contributed by atoms with Gasteiger partial charge in [0.2, 0.25) is 0 Å². The van der Waals surface area contributed by atoms with Gasteiger partial charge < -0.3 is 14.2 Å². The third-order valence-electron chi connectivity index (χ3n) is 12.8. The van der Waals surface area contributed by atoms with Gasteiger partial charge in [-0.15, -0.1) is 0 Å². The maximum atomic E-state index is 12.9. The van der Waals surface area contributed by atoms with Crippen LogP contribution in [0.1, 0.15) is 265 Å². The van der Waals surface area contributed by atoms with Crippen LogP contribution in [0.25, 0.3) is 0 Å². The topological polar surface area (TPSA) is 78.9 Å². The second kappa shape index (κ2) is 63.8. The van der Waals surface area contributed by atoms with Crippen molar-refractivity contribution in [3.05, 3.63) is 146 Å². The molecule has 0 rings (SSSR count). The van der Waals surface area contributed by atoms with E-state index in [1.165, 1.54) is 77.0 Å². The van der Waals surface area contributed by atoms with Gasteiger partial charge in [-0.25, -0.2) is 0 Å². The molecule has 434 valence electrons. The summed E-state index contributed by atoms with van der Waals surface area (Å²) in [5, 5.41) is 0. The molecule has 0 amide bonds. The first-order valence-corrected chi connectivity index (χ1v) is 31.3. The molecule has 0 saturated heterocycles. The molecule has 0 fully saturated rings. The molecule has 0 N–H and O–H groups in total. The van der Waals surface area contributed by atoms with Crippen LogP contribution in [0.2, 0.25) is 0 Å². The summed E-state index contributed by atoms with van der Waals surface area (Å²) in [5.74, 6) is -0.961. The highest BCUT2D eigenvalue weighted by Gasteiger charge is 2.19. The molecule has 0 saturated carbocycles. The second-order valence-electron chi connectivity index (χ2n) is 20.2. The van der Waals surface area contributed by atoms with Crippen molar-refractivity contribution in [2.24, 2.45) is 0 Å². The third-order valence-corrected chi connectivity index (χ3v) is 12.8. The molecule has 77 heavy (non-hydrogen) atoms. The van der Waals surface area contributed by atoms with Crippen LogP contribution in [0.4, 0.5) is 0 Å². The van der Waals surface area contributed by atoms with E-state index in [0.29, 0.717) is 25.7 Å². The number of hydrogen-bond acceptors (Lipinski definition) is 6. The van der Waals surface area contributed by atoms with Crippen molar-refractivity contribution in [1.82, 2.24) is 0 Å². The molecule has 0 bridgehead atoms. The van der Waals surface area contributed by atoms with Crippen LogP contribution in [0.15, 0.2) is 146 Å². The number of esters is 3. The molecule has 0 aliphatic carbocycles. The van der Waals surface area contributed by atoms with E-state index < -0.39 is 6.10 Å². The van der Waals surface area contributed by atoms with Crippen molar-refractivity contribution >= 4 is 17.9 Å². The second-order valence-corrected chi connectivity index (χ2v) is 20.2. The van der Waals surface area contributed by atoms with Crippen LogP contribution in [-0.2, 0) is 28.6 Å². The molecule has 0 radical (unpaired) electrons. The van der Waals surface area contributed by atoms with E-state index in [2.05, 4.69) is 167 Å². The van der Waals surface area contributed by atoms with E-state index in [0.717, 1.165) is 141 Å². The van der Waals surface area contributed by atoms with Gasteiger partial charge in [-0.3, -0.25) is 14.4 Å². The van der Waals surface area contributed by atoms with Crippen molar-refractivity contribution in [3.63, 3.8) is 0 Å². The molecule has 0 aromatic rings. The summed E-state index contributed by atoms with van der Waals surface area (Å²) in [6, 6.07) is 0. The smallest absolute Gasteiger partial charge is 0.306 e. The summed E-state index contributed by atoms with van der Waals surface area (Å²) in [6.07, 6.45) is 91.3. The first kappa shape index (κ1) is 72.3. The lowest BCUT2D eigenvalue weighted by atomic mass is 10.0. The number of unbranched alkanes of at least 4 members (excludes halogenated alkanes) is 20. The zero-order valence-corrected chi connectivity index (χ0v) is 49.7. The fraction of sp³-hybridized carbons (Fsp3) is 0.620. The van der Waals surface area contributed by atoms with E-state index >= 15 is 0 Å². The van der Waals surface area contributed by atoms with E-state index in [9.17, 15) is 14.4 Å². The van der Waals surface area contributed by atoms with Gasteiger partial charge in [0.25, 0.3) is 0 Å². The molecule has 0 heterocycles. The van der Waals surface area contributed by atoms with Crippen molar-refractivity contribution in [2.45, 2.75) is 271 Å². The molecule has 0 aromatic carbocycles. The zero-order valence-electron chi connectivity index (χ0n) is 49.7. The SMILES string of the molecule is CC/C=C\C/C=C\C/C=C\C/C=C\C/C=C\C/C=C\C/C=C\C/C=C\CCCCC(=O)OCC(COC(=O)CCCCCCCCCCCCCCC)OC(=O)CCCCCCCC/C=C\C/C=C\C/C=C\C/C=C\CC. The number of ether oxygens (including phenoxy) is 3. The van der Waals surface area contributed by atoms with Gasteiger partial charge in [-0.2, -0.15) is 0 Å². The zero-order chi connectivity index (χ0) is 55.7. The number of hydrogen-bond donors (Lipinski definition) is 0. The summed E-state index contributed by atoms with van der Waals surface area (Å²) in [4.78, 5) is 38.3. The Morgan fingerprint density at radius 3 is 0.818 bits per heavy atom. The van der Waals surface area contributed by atoms with Gasteiger partial charge in [0.1, 0.15) is 13.2 Å². The predicted octanol–water partition coefficient (Wildman–Crippen LogP) is 21.5. The van der Waals surface area contributed by atoms with Gasteiger partial charge >= 0.3 is 17.9 Å². The maximum Gasteiger partial charge on any atom is 0.306 e. The van der Waals surface area contributed by atoms with E-state index in [-0.39, 0.29) is 31.1 Å². The molecular formula is C71H114O6. The Labute approximate surface area is 474 Å². The Bertz CT molecular complexity index is 1700. The maximum absolute atomic E-state index is 12.9. The van der Waals surface area contributed by atoms with Crippen molar-refractivity contribution in [1.29, 1.82) is 0 Å². The number of rotatable bonds is 55. The van der Waals surface area contributed by atoms with E-state index in [4.69, 9.17) is 14.2 Å². The fourth-order valence-corrected chi connectivity index (χ4v) is 8.21. The van der Waals surface area contributed by atoms with E-state index in [1.54, 1.807) is 0 Å². The van der Waals surface area contributed by atoms with Crippen molar-refractivity contribution in [2.75, 3.05) is 13.2 Å². The normalized spacial score (nSPS) is 13.1. The van der Waals surface area contributed by atoms with Crippen LogP contribution in [0.5, 0.6) is 0 Å². The van der Waals surface area contributed by atoms with Gasteiger partial charge in [-0.1, -0.05) is 269 Å². The van der Waals surface area contributed by atoms with Gasteiger partial charge in [-0.05, 0) is 122 Å². The quantitative estimate of drug-likeness (QED) is 0.0261. The van der Waals surface area contributed by atoms with E-state index in [1.807, 2.05) is 0 Å². The minimum absolute atomic E-state index is 0.101. The number of allylic oxidation sites excluding steroid dienone is 24. The minimum atomic E-state index is -0.809. The van der Waals surface area contributed by atoms with Crippen LogP contribution >= 0.6 is 0 Å². The Hall–Kier alpha value is -4.71. The molecule has 6 nitrogen and oxygen atoms in total. The Balaban J connectivity index is 4.47. The molecule has 0 aliphatic heterocycles. The van der Waals surface area contributed by atoms with Crippen LogP contribution in [0, 0.1) is 0 Å². The Kier molecular flexibility index (Phi) is 59.9. The summed E-state index contributed by atoms with van der Waals surface area (Å²) in [6.45, 7) is 6.37. The largest absolute Gasteiger partial charge is 0.462 e. The average Bonchev–Trinajstić information content (AvgIpc) is 3.43. The van der Waals surface area contributed by atoms with Gasteiger partial charge in [0.15, 0.2) is 6.10 Å². The molecule has 1 atom stereocenters. The minimum Gasteiger partial charge on any atom is -0.462 e. The van der Waals surface area contributed by atoms with Crippen molar-refractivity contribution in [3.8, 4) is 0 Å². The molecule has 0 aromatic heterocycles. The lowest BCUT2D eigenvalue weighted by Gasteiger charge is -2.18. The Morgan fingerprint density at radius 2 is 0.506 bits per heavy atom. The molecule has 0 spiro atoms. The first-order valence-electron chi connectivity index (χ1n) is 31.3. The lowest BCUT2D eigenvalue weighted by Crippen LogP contribution is -2.30. The predicted molar refractivity (Wildman–Crippen MR) is 334 cm³/mol. The first-order chi connectivity index (χ1) is 38.0. The van der Waals surface area contributed by atoms with Gasteiger partial charge in [0, 0.05) is 19.3 Å². The molecule has 6 heteroatoms. The summed E-state index contributed by atoms with van der Waals surface area (Å²) in [7, 11) is 0. The van der Waals surface area contributed by atoms with Gasteiger partial charge in [0.05, 0.1) is 0 Å². The third kappa shape index (κ3) is 62.0. The number of carbonyl (C=O) groups excluding carboxylic acids is 3. The van der Waals surface area contributed by atoms with Crippen molar-refractivity contribution < 1.29 is 28.6 Å². The molecular weight excluding hydrogens is 949 g/mol. The summed E-state index contributed by atoms with van der Waals surface area (Å²) < 4.78 is 16.9. The van der Waals surface area contributed by atoms with Crippen LogP contribution < -0.4 is 0 Å². The molecule has 0 aliphatic rings. The highest BCUT2D eigenvalue weighted by atomic mass is 16.6. The van der Waals surface area contributed by atoms with Crippen LogP contribution in [-0.4, -0.2) is 37.2 Å². The standard InChI is InChI=1S/C71H114O6/c1-4-7-10-13-16-19-22-25-27-29-31-32-33-34-35-36-37-38-40-41-43-46-49-52-55-58-61-64-70(73)76-67-68(66-75-69(72)63-60-57-54-51-48-45-24-21-18-15-12-9-6-3)77-71(74)65-62-59-56-53-50-47-44-42-39-30-28-26-23-20-17-14-11-8-5-2/h7-8,10-11,16-17,19-20,25-28,31-32,34-35,37-39,41-43,49,52,68H,4-6,9,12-15,18,21-24,29-30,33,36,40,44-48,50-51,53-67H2,1-3H3/b10-7-,11-8-,19-16-,20-17-,27-25-,28-26-,32-31-,35-34-,38-37-,42-39-,43-41-,52-49-. The average molecular weight is 1060 g/mol.